The fourth-order valence-corrected chi connectivity index (χ4v) is 3.08. The zero-order chi connectivity index (χ0) is 15.8. The minimum absolute atomic E-state index is 0.327. The normalized spacial score (nSPS) is 20.8. The fourth-order valence-electron chi connectivity index (χ4n) is 3.08. The highest BCUT2D eigenvalue weighted by Gasteiger charge is 2.32. The summed E-state index contributed by atoms with van der Waals surface area (Å²) in [6.45, 7) is 2.26. The molecule has 0 spiro atoms. The Kier molecular flexibility index (Phi) is 3.65. The topological polar surface area (TPSA) is 82.1 Å². The standard InChI is InChI=1S/C16H22N6O/c1-21-6-5-18-15(21)9-22(12-2-3-12)14-8-13(19-16(17)20-14)11-4-7-23-10-11/h5-6,8,11-12H,2-4,7,9-10H2,1H3,(H2,17,19,20). The Morgan fingerprint density at radius 2 is 2.22 bits per heavy atom. The third-order valence-corrected chi connectivity index (χ3v) is 4.61. The molecule has 2 aromatic rings. The first-order chi connectivity index (χ1) is 11.2. The van der Waals surface area contributed by atoms with Gasteiger partial charge in [-0.15, -0.1) is 0 Å². The molecule has 1 saturated carbocycles. The zero-order valence-electron chi connectivity index (χ0n) is 13.4. The van der Waals surface area contributed by atoms with Crippen molar-refractivity contribution in [1.29, 1.82) is 0 Å². The number of ether oxygens (including phenoxy) is 1. The predicted octanol–water partition coefficient (Wildman–Crippen LogP) is 1.47. The first-order valence-corrected chi connectivity index (χ1v) is 8.16. The summed E-state index contributed by atoms with van der Waals surface area (Å²) in [6, 6.07) is 2.60. The maximum absolute atomic E-state index is 5.98. The van der Waals surface area contributed by atoms with Gasteiger partial charge in [0.25, 0.3) is 0 Å². The van der Waals surface area contributed by atoms with Crippen LogP contribution in [0.3, 0.4) is 0 Å². The van der Waals surface area contributed by atoms with Gasteiger partial charge in [0.05, 0.1) is 18.8 Å². The Bertz CT molecular complexity index is 690. The van der Waals surface area contributed by atoms with Crippen LogP contribution in [0, 0.1) is 0 Å². The fraction of sp³-hybridized carbons (Fsp3) is 0.562. The molecule has 23 heavy (non-hydrogen) atoms. The number of nitrogens with two attached hydrogens (primary N) is 1. The Morgan fingerprint density at radius 1 is 1.35 bits per heavy atom. The van der Waals surface area contributed by atoms with Crippen LogP contribution >= 0.6 is 0 Å². The SMILES string of the molecule is Cn1ccnc1CN(c1cc(C2CCOC2)nc(N)n1)C1CC1. The summed E-state index contributed by atoms with van der Waals surface area (Å²) in [7, 11) is 2.02. The summed E-state index contributed by atoms with van der Waals surface area (Å²) in [5.74, 6) is 2.60. The molecular weight excluding hydrogens is 292 g/mol. The van der Waals surface area contributed by atoms with Crippen molar-refractivity contribution in [2.75, 3.05) is 23.8 Å². The van der Waals surface area contributed by atoms with Gasteiger partial charge in [-0.25, -0.2) is 9.97 Å². The molecule has 0 bridgehead atoms. The van der Waals surface area contributed by atoms with E-state index in [1.54, 1.807) is 0 Å². The van der Waals surface area contributed by atoms with Crippen molar-refractivity contribution in [3.8, 4) is 0 Å². The lowest BCUT2D eigenvalue weighted by molar-refractivity contribution is 0.193. The Hall–Kier alpha value is -2.15. The van der Waals surface area contributed by atoms with Crippen LogP contribution in [0.25, 0.3) is 0 Å². The maximum Gasteiger partial charge on any atom is 0.222 e. The van der Waals surface area contributed by atoms with Gasteiger partial charge in [-0.3, -0.25) is 0 Å². The van der Waals surface area contributed by atoms with Gasteiger partial charge < -0.3 is 19.9 Å². The van der Waals surface area contributed by atoms with Crippen LogP contribution in [0.5, 0.6) is 0 Å². The maximum atomic E-state index is 5.98. The number of hydrogen-bond donors (Lipinski definition) is 1. The molecule has 0 amide bonds. The lowest BCUT2D eigenvalue weighted by atomic mass is 10.0. The quantitative estimate of drug-likeness (QED) is 0.900. The molecule has 2 aromatic heterocycles. The van der Waals surface area contributed by atoms with Gasteiger partial charge in [-0.1, -0.05) is 0 Å². The summed E-state index contributed by atoms with van der Waals surface area (Å²) in [5, 5.41) is 0. The second kappa shape index (κ2) is 5.81. The Morgan fingerprint density at radius 3 is 2.87 bits per heavy atom. The smallest absolute Gasteiger partial charge is 0.222 e. The second-order valence-corrected chi connectivity index (χ2v) is 6.38. The first-order valence-electron chi connectivity index (χ1n) is 8.16. The summed E-state index contributed by atoms with van der Waals surface area (Å²) in [6.07, 6.45) is 7.18. The van der Waals surface area contributed by atoms with Crippen LogP contribution in [-0.2, 0) is 18.3 Å². The third kappa shape index (κ3) is 3.01. The Labute approximate surface area is 135 Å². The molecule has 4 rings (SSSR count). The molecule has 0 aromatic carbocycles. The molecule has 7 nitrogen and oxygen atoms in total. The Balaban J connectivity index is 1.64. The minimum Gasteiger partial charge on any atom is -0.381 e. The number of imidazole rings is 1. The number of rotatable bonds is 5. The van der Waals surface area contributed by atoms with E-state index in [0.717, 1.165) is 43.5 Å². The first kappa shape index (κ1) is 14.4. The highest BCUT2D eigenvalue weighted by molar-refractivity contribution is 5.46. The number of aromatic nitrogens is 4. The largest absolute Gasteiger partial charge is 0.381 e. The van der Waals surface area contributed by atoms with Crippen LogP contribution in [0.4, 0.5) is 11.8 Å². The molecule has 0 radical (unpaired) electrons. The van der Waals surface area contributed by atoms with Crippen molar-refractivity contribution < 1.29 is 4.74 Å². The van der Waals surface area contributed by atoms with Gasteiger partial charge in [0.15, 0.2) is 0 Å². The monoisotopic (exact) mass is 314 g/mol. The van der Waals surface area contributed by atoms with Crippen molar-refractivity contribution in [3.05, 3.63) is 30.0 Å². The van der Waals surface area contributed by atoms with Crippen molar-refractivity contribution >= 4 is 11.8 Å². The molecule has 1 saturated heterocycles. The van der Waals surface area contributed by atoms with Gasteiger partial charge in [0, 0.05) is 44.1 Å². The highest BCUT2D eigenvalue weighted by atomic mass is 16.5. The summed E-state index contributed by atoms with van der Waals surface area (Å²) in [5.41, 5.74) is 6.97. The average molecular weight is 314 g/mol. The van der Waals surface area contributed by atoms with Gasteiger partial charge in [0.1, 0.15) is 11.6 Å². The van der Waals surface area contributed by atoms with Crippen LogP contribution in [0.15, 0.2) is 18.5 Å². The molecule has 7 heteroatoms. The van der Waals surface area contributed by atoms with Gasteiger partial charge in [-0.05, 0) is 19.3 Å². The number of anilines is 2. The van der Waals surface area contributed by atoms with Crippen LogP contribution < -0.4 is 10.6 Å². The molecule has 1 aliphatic carbocycles. The molecule has 1 atom stereocenters. The van der Waals surface area contributed by atoms with E-state index in [2.05, 4.69) is 25.9 Å². The number of nitrogen functional groups attached to an aromatic ring is 1. The van der Waals surface area contributed by atoms with E-state index in [1.807, 2.05) is 24.0 Å². The molecule has 1 aliphatic heterocycles. The molecule has 122 valence electrons. The van der Waals surface area contributed by atoms with E-state index in [4.69, 9.17) is 10.5 Å². The second-order valence-electron chi connectivity index (χ2n) is 6.38. The lowest BCUT2D eigenvalue weighted by Crippen LogP contribution is -2.28. The van der Waals surface area contributed by atoms with E-state index < -0.39 is 0 Å². The number of hydrogen-bond acceptors (Lipinski definition) is 6. The number of nitrogens with zero attached hydrogens (tertiary/aromatic N) is 5. The predicted molar refractivity (Wildman–Crippen MR) is 87.0 cm³/mol. The van der Waals surface area contributed by atoms with Crippen LogP contribution in [-0.4, -0.2) is 38.8 Å². The number of aryl methyl sites for hydroxylation is 1. The summed E-state index contributed by atoms with van der Waals surface area (Å²) in [4.78, 5) is 15.7. The molecule has 2 fully saturated rings. The van der Waals surface area contributed by atoms with Crippen molar-refractivity contribution in [2.45, 2.75) is 37.8 Å². The van der Waals surface area contributed by atoms with Crippen LogP contribution in [0.1, 0.15) is 36.7 Å². The lowest BCUT2D eigenvalue weighted by Gasteiger charge is -2.24. The molecule has 3 heterocycles. The third-order valence-electron chi connectivity index (χ3n) is 4.61. The van der Waals surface area contributed by atoms with Crippen molar-refractivity contribution in [2.24, 2.45) is 7.05 Å². The summed E-state index contributed by atoms with van der Waals surface area (Å²) < 4.78 is 7.53. The summed E-state index contributed by atoms with van der Waals surface area (Å²) >= 11 is 0. The van der Waals surface area contributed by atoms with Crippen molar-refractivity contribution in [1.82, 2.24) is 19.5 Å². The van der Waals surface area contributed by atoms with Crippen molar-refractivity contribution in [3.63, 3.8) is 0 Å². The van der Waals surface area contributed by atoms with E-state index in [9.17, 15) is 0 Å². The highest BCUT2D eigenvalue weighted by Crippen LogP contribution is 2.34. The van der Waals surface area contributed by atoms with E-state index in [-0.39, 0.29) is 0 Å². The molecule has 2 aliphatic rings. The molecular formula is C16H22N6O. The van der Waals surface area contributed by atoms with E-state index in [0.29, 0.717) is 17.9 Å². The van der Waals surface area contributed by atoms with Crippen LogP contribution in [0.2, 0.25) is 0 Å². The van der Waals surface area contributed by atoms with Gasteiger partial charge in [0.2, 0.25) is 5.95 Å². The minimum atomic E-state index is 0.327. The molecule has 2 N–H and O–H groups in total. The molecule has 1 unspecified atom stereocenters. The average Bonchev–Trinajstić information content (AvgIpc) is 3.06. The van der Waals surface area contributed by atoms with Gasteiger partial charge in [-0.2, -0.15) is 4.98 Å². The van der Waals surface area contributed by atoms with E-state index >= 15 is 0 Å². The zero-order valence-corrected chi connectivity index (χ0v) is 13.4. The van der Waals surface area contributed by atoms with E-state index in [1.165, 1.54) is 12.8 Å². The van der Waals surface area contributed by atoms with Gasteiger partial charge >= 0.3 is 0 Å².